The van der Waals surface area contributed by atoms with E-state index in [1.165, 1.54) is 0 Å². The second-order valence-electron chi connectivity index (χ2n) is 6.18. The van der Waals surface area contributed by atoms with E-state index in [9.17, 15) is 8.42 Å². The third-order valence-electron chi connectivity index (χ3n) is 4.27. The summed E-state index contributed by atoms with van der Waals surface area (Å²) in [6.45, 7) is 2.38. The van der Waals surface area contributed by atoms with Crippen LogP contribution in [-0.2, 0) is 22.9 Å². The van der Waals surface area contributed by atoms with Gasteiger partial charge in [-0.3, -0.25) is 0 Å². The van der Waals surface area contributed by atoms with Crippen molar-refractivity contribution in [2.75, 3.05) is 13.7 Å². The molecule has 1 aliphatic rings. The van der Waals surface area contributed by atoms with Crippen molar-refractivity contribution >= 4 is 10.0 Å². The molecule has 2 aromatic carbocycles. The van der Waals surface area contributed by atoms with E-state index in [2.05, 4.69) is 11.6 Å². The van der Waals surface area contributed by atoms with Gasteiger partial charge in [-0.2, -0.15) is 0 Å². The van der Waals surface area contributed by atoms with Crippen molar-refractivity contribution in [2.45, 2.75) is 37.1 Å². The Morgan fingerprint density at radius 1 is 1.20 bits per heavy atom. The van der Waals surface area contributed by atoms with Crippen molar-refractivity contribution in [1.82, 2.24) is 4.72 Å². The summed E-state index contributed by atoms with van der Waals surface area (Å²) < 4.78 is 39.0. The summed E-state index contributed by atoms with van der Waals surface area (Å²) in [4.78, 5) is 0.281. The second-order valence-corrected chi connectivity index (χ2v) is 7.89. The average molecular weight is 361 g/mol. The molecule has 0 fully saturated rings. The highest BCUT2D eigenvalue weighted by molar-refractivity contribution is 7.89. The van der Waals surface area contributed by atoms with Gasteiger partial charge in [0, 0.05) is 0 Å². The molecule has 0 aromatic heterocycles. The molecule has 0 unspecified atom stereocenters. The van der Waals surface area contributed by atoms with E-state index in [-0.39, 0.29) is 17.5 Å². The Hall–Kier alpha value is -2.05. The zero-order valence-electron chi connectivity index (χ0n) is 14.5. The van der Waals surface area contributed by atoms with Crippen LogP contribution in [0.4, 0.5) is 0 Å². The molecule has 0 saturated heterocycles. The van der Waals surface area contributed by atoms with Gasteiger partial charge in [0.1, 0.15) is 6.61 Å². The van der Waals surface area contributed by atoms with Gasteiger partial charge in [-0.25, -0.2) is 13.1 Å². The topological polar surface area (TPSA) is 64.6 Å². The Kier molecular flexibility index (Phi) is 5.30. The molecule has 0 radical (unpaired) electrons. The van der Waals surface area contributed by atoms with E-state index in [1.807, 2.05) is 30.3 Å². The third kappa shape index (κ3) is 3.96. The maximum Gasteiger partial charge on any atom is 0.240 e. The molecule has 0 spiro atoms. The van der Waals surface area contributed by atoms with Crippen molar-refractivity contribution in [3.63, 3.8) is 0 Å². The molecule has 0 saturated carbocycles. The van der Waals surface area contributed by atoms with Crippen LogP contribution in [0.3, 0.4) is 0 Å². The number of aryl methyl sites for hydroxylation is 1. The first-order valence-electron chi connectivity index (χ1n) is 8.43. The normalized spacial score (nSPS) is 16.8. The first-order chi connectivity index (χ1) is 12.0. The number of hydrogen-bond acceptors (Lipinski definition) is 4. The quantitative estimate of drug-likeness (QED) is 0.859. The average Bonchev–Trinajstić information content (AvgIpc) is 2.61. The van der Waals surface area contributed by atoms with Crippen LogP contribution in [-0.4, -0.2) is 28.2 Å². The maximum absolute atomic E-state index is 12.6. The van der Waals surface area contributed by atoms with E-state index >= 15 is 0 Å². The monoisotopic (exact) mass is 361 g/mol. The molecule has 25 heavy (non-hydrogen) atoms. The summed E-state index contributed by atoms with van der Waals surface area (Å²) in [7, 11) is -1.98. The van der Waals surface area contributed by atoms with Gasteiger partial charge in [0.05, 0.1) is 18.0 Å². The molecule has 1 heterocycles. The van der Waals surface area contributed by atoms with Gasteiger partial charge < -0.3 is 9.47 Å². The first-order valence-corrected chi connectivity index (χ1v) is 9.91. The lowest BCUT2D eigenvalue weighted by Gasteiger charge is -2.27. The van der Waals surface area contributed by atoms with E-state index in [0.29, 0.717) is 17.9 Å². The fourth-order valence-electron chi connectivity index (χ4n) is 3.04. The SMILES string of the molecule is CCCc1ccc(S(=O)(=O)N[C@H]2COc3c(cccc3OC)C2)cc1. The summed E-state index contributed by atoms with van der Waals surface area (Å²) in [6.07, 6.45) is 2.55. The molecule has 0 bridgehead atoms. The summed E-state index contributed by atoms with van der Waals surface area (Å²) >= 11 is 0. The van der Waals surface area contributed by atoms with E-state index < -0.39 is 10.0 Å². The van der Waals surface area contributed by atoms with Gasteiger partial charge in [0.2, 0.25) is 10.0 Å². The van der Waals surface area contributed by atoms with Crippen molar-refractivity contribution in [3.05, 3.63) is 53.6 Å². The van der Waals surface area contributed by atoms with Crippen LogP contribution in [0, 0.1) is 0 Å². The Morgan fingerprint density at radius 2 is 1.96 bits per heavy atom. The van der Waals surface area contributed by atoms with E-state index in [4.69, 9.17) is 9.47 Å². The maximum atomic E-state index is 12.6. The summed E-state index contributed by atoms with van der Waals surface area (Å²) in [5.74, 6) is 1.37. The van der Waals surface area contributed by atoms with Crippen LogP contribution < -0.4 is 14.2 Å². The van der Waals surface area contributed by atoms with Crippen LogP contribution in [0.1, 0.15) is 24.5 Å². The second kappa shape index (κ2) is 7.45. The Bertz CT molecular complexity index is 831. The lowest BCUT2D eigenvalue weighted by Crippen LogP contribution is -2.42. The molecule has 3 rings (SSSR count). The van der Waals surface area contributed by atoms with Crippen LogP contribution in [0.25, 0.3) is 0 Å². The third-order valence-corrected chi connectivity index (χ3v) is 5.81. The Balaban J connectivity index is 1.73. The van der Waals surface area contributed by atoms with Crippen molar-refractivity contribution in [1.29, 1.82) is 0 Å². The van der Waals surface area contributed by atoms with Crippen LogP contribution in [0.15, 0.2) is 47.4 Å². The minimum atomic E-state index is -3.57. The lowest BCUT2D eigenvalue weighted by atomic mass is 10.0. The molecular weight excluding hydrogens is 338 g/mol. The number of sulfonamides is 1. The molecule has 6 heteroatoms. The number of ether oxygens (including phenoxy) is 2. The van der Waals surface area contributed by atoms with Gasteiger partial charge in [0.25, 0.3) is 0 Å². The lowest BCUT2D eigenvalue weighted by molar-refractivity contribution is 0.240. The number of para-hydroxylation sites is 1. The fraction of sp³-hybridized carbons (Fsp3) is 0.368. The van der Waals surface area contributed by atoms with E-state index in [0.717, 1.165) is 24.0 Å². The number of rotatable bonds is 6. The molecule has 134 valence electrons. The first kappa shape index (κ1) is 17.8. The highest BCUT2D eigenvalue weighted by Crippen LogP contribution is 2.34. The molecule has 5 nitrogen and oxygen atoms in total. The molecule has 1 aliphatic heterocycles. The fourth-order valence-corrected chi connectivity index (χ4v) is 4.26. The Morgan fingerprint density at radius 3 is 2.64 bits per heavy atom. The molecule has 1 atom stereocenters. The van der Waals surface area contributed by atoms with Gasteiger partial charge in [0.15, 0.2) is 11.5 Å². The summed E-state index contributed by atoms with van der Waals surface area (Å²) in [5, 5.41) is 0. The number of fused-ring (bicyclic) bond motifs is 1. The van der Waals surface area contributed by atoms with Crippen molar-refractivity contribution in [2.24, 2.45) is 0 Å². The number of hydrogen-bond donors (Lipinski definition) is 1. The smallest absolute Gasteiger partial charge is 0.240 e. The van der Waals surface area contributed by atoms with Crippen LogP contribution in [0.5, 0.6) is 11.5 Å². The highest BCUT2D eigenvalue weighted by atomic mass is 32.2. The molecule has 0 aliphatic carbocycles. The number of nitrogens with one attached hydrogen (secondary N) is 1. The van der Waals surface area contributed by atoms with Crippen LogP contribution in [0.2, 0.25) is 0 Å². The van der Waals surface area contributed by atoms with Crippen LogP contribution >= 0.6 is 0 Å². The standard InChI is InChI=1S/C19H23NO4S/c1-3-5-14-8-10-17(11-9-14)25(21,22)20-16-12-15-6-4-7-18(23-2)19(15)24-13-16/h4,6-11,16,20H,3,5,12-13H2,1-2H3/t16-/m1/s1. The van der Waals surface area contributed by atoms with Gasteiger partial charge in [-0.15, -0.1) is 0 Å². The van der Waals surface area contributed by atoms with Gasteiger partial charge in [-0.05, 0) is 42.2 Å². The zero-order valence-corrected chi connectivity index (χ0v) is 15.3. The van der Waals surface area contributed by atoms with Crippen molar-refractivity contribution in [3.8, 4) is 11.5 Å². The highest BCUT2D eigenvalue weighted by Gasteiger charge is 2.27. The van der Waals surface area contributed by atoms with E-state index in [1.54, 1.807) is 19.2 Å². The predicted octanol–water partition coefficient (Wildman–Crippen LogP) is 2.93. The van der Waals surface area contributed by atoms with Crippen molar-refractivity contribution < 1.29 is 17.9 Å². The van der Waals surface area contributed by atoms with Gasteiger partial charge in [-0.1, -0.05) is 37.6 Å². The molecule has 2 aromatic rings. The number of methoxy groups -OCH3 is 1. The minimum Gasteiger partial charge on any atom is -0.493 e. The zero-order chi connectivity index (χ0) is 17.9. The number of benzene rings is 2. The summed E-state index contributed by atoms with van der Waals surface area (Å²) in [5.41, 5.74) is 2.08. The molecular formula is C19H23NO4S. The summed E-state index contributed by atoms with van der Waals surface area (Å²) in [6, 6.07) is 12.4. The Labute approximate surface area is 149 Å². The predicted molar refractivity (Wildman–Crippen MR) is 96.7 cm³/mol. The van der Waals surface area contributed by atoms with Gasteiger partial charge >= 0.3 is 0 Å². The largest absolute Gasteiger partial charge is 0.493 e. The molecule has 1 N–H and O–H groups in total. The molecule has 0 amide bonds. The minimum absolute atomic E-state index is 0.278.